The van der Waals surface area contributed by atoms with Crippen molar-refractivity contribution >= 4 is 29.0 Å². The number of halogens is 1. The zero-order chi connectivity index (χ0) is 19.3. The molecule has 0 radical (unpaired) electrons. The van der Waals surface area contributed by atoms with Gasteiger partial charge in [-0.2, -0.15) is 0 Å². The number of nitrogens with one attached hydrogen (secondary N) is 2. The van der Waals surface area contributed by atoms with Crippen LogP contribution in [-0.4, -0.2) is 47.0 Å². The van der Waals surface area contributed by atoms with Gasteiger partial charge in [0.2, 0.25) is 0 Å². The summed E-state index contributed by atoms with van der Waals surface area (Å²) in [5.41, 5.74) is 1.88. The van der Waals surface area contributed by atoms with Crippen LogP contribution in [0.15, 0.2) is 42.5 Å². The van der Waals surface area contributed by atoms with Gasteiger partial charge in [-0.1, -0.05) is 35.9 Å². The number of aliphatic hydroxyl groups excluding tert-OH is 1. The van der Waals surface area contributed by atoms with Crippen LogP contribution in [0, 0.1) is 0 Å². The van der Waals surface area contributed by atoms with Crippen LogP contribution >= 0.6 is 11.6 Å². The third kappa shape index (κ3) is 4.31. The highest BCUT2D eigenvalue weighted by atomic mass is 35.5. The zero-order valence-corrected chi connectivity index (χ0v) is 15.2. The van der Waals surface area contributed by atoms with Crippen molar-refractivity contribution in [3.63, 3.8) is 0 Å². The molecule has 0 spiro atoms. The van der Waals surface area contributed by atoms with E-state index in [-0.39, 0.29) is 6.42 Å². The fourth-order valence-electron chi connectivity index (χ4n) is 2.65. The molecule has 1 unspecified atom stereocenters. The lowest BCUT2D eigenvalue weighted by Crippen LogP contribution is -2.57. The molecule has 3 atom stereocenters. The first kappa shape index (κ1) is 20.1. The lowest BCUT2D eigenvalue weighted by Gasteiger charge is -2.31. The Kier molecular flexibility index (Phi) is 6.55. The number of methoxy groups -OCH3 is 1. The van der Waals surface area contributed by atoms with Crippen molar-refractivity contribution in [3.05, 3.63) is 53.1 Å². The van der Waals surface area contributed by atoms with Crippen molar-refractivity contribution in [2.75, 3.05) is 7.11 Å². The van der Waals surface area contributed by atoms with Crippen LogP contribution in [0.25, 0.3) is 5.57 Å². The van der Waals surface area contributed by atoms with Crippen molar-refractivity contribution in [1.29, 1.82) is 0 Å². The molecule has 7 nitrogen and oxygen atoms in total. The molecule has 8 heteroatoms. The average Bonchev–Trinajstić information content (AvgIpc) is 2.65. The molecule has 2 amide bonds. The van der Waals surface area contributed by atoms with Gasteiger partial charge in [-0.15, -0.1) is 0 Å². The van der Waals surface area contributed by atoms with Crippen molar-refractivity contribution in [2.24, 2.45) is 0 Å². The molecular weight excluding hydrogens is 360 g/mol. The summed E-state index contributed by atoms with van der Waals surface area (Å²) in [5.74, 6) is -1.53. The molecule has 1 aliphatic carbocycles. The zero-order valence-electron chi connectivity index (χ0n) is 14.4. The Bertz CT molecular complexity index is 747. The van der Waals surface area contributed by atoms with E-state index >= 15 is 0 Å². The third-order valence-electron chi connectivity index (χ3n) is 4.23. The Morgan fingerprint density at radius 3 is 2.62 bits per heavy atom. The molecule has 0 saturated carbocycles. The second-order valence-electron chi connectivity index (χ2n) is 5.97. The van der Waals surface area contributed by atoms with E-state index in [1.807, 2.05) is 24.3 Å². The molecular formula is C18H21ClN2O5. The Balaban J connectivity index is 2.19. The van der Waals surface area contributed by atoms with Crippen LogP contribution < -0.4 is 10.8 Å². The van der Waals surface area contributed by atoms with Crippen LogP contribution in [0.4, 0.5) is 0 Å². The summed E-state index contributed by atoms with van der Waals surface area (Å²) in [6.45, 7) is 1.33. The summed E-state index contributed by atoms with van der Waals surface area (Å²) in [6.07, 6.45) is 4.18. The number of hydrogen-bond donors (Lipinski definition) is 4. The molecule has 1 aliphatic rings. The predicted octanol–water partition coefficient (Wildman–Crippen LogP) is 1.44. The second kappa shape index (κ2) is 8.46. The standard InChI is InChI=1S/C18H21ClN2O5/c1-11(22)15(16(23)21-25)20-17(24)18(26-2)8-6-12(7-9-18)13-4-3-5-14(19)10-13/h3-8,10-11,15,22,25H,9H2,1-2H3,(H,20,24)(H,21,23)/t11-,15+,18?/m1/s1. The van der Waals surface area contributed by atoms with Gasteiger partial charge in [0.05, 0.1) is 6.10 Å². The van der Waals surface area contributed by atoms with E-state index in [9.17, 15) is 14.7 Å². The molecule has 0 bridgehead atoms. The largest absolute Gasteiger partial charge is 0.391 e. The lowest BCUT2D eigenvalue weighted by atomic mass is 9.88. The van der Waals surface area contributed by atoms with Crippen molar-refractivity contribution in [3.8, 4) is 0 Å². The summed E-state index contributed by atoms with van der Waals surface area (Å²) in [5, 5.41) is 21.4. The number of aliphatic hydroxyl groups is 1. The number of carbonyl (C=O) groups is 2. The van der Waals surface area contributed by atoms with Crippen molar-refractivity contribution < 1.29 is 24.6 Å². The monoisotopic (exact) mass is 380 g/mol. The molecule has 0 aromatic heterocycles. The maximum absolute atomic E-state index is 12.7. The van der Waals surface area contributed by atoms with E-state index < -0.39 is 29.6 Å². The molecule has 0 heterocycles. The molecule has 2 rings (SSSR count). The molecule has 0 fully saturated rings. The fraction of sp³-hybridized carbons (Fsp3) is 0.333. The minimum Gasteiger partial charge on any atom is -0.391 e. The van der Waals surface area contributed by atoms with E-state index in [2.05, 4.69) is 5.32 Å². The number of ether oxygens (including phenoxy) is 1. The summed E-state index contributed by atoms with van der Waals surface area (Å²) >= 11 is 6.01. The fourth-order valence-corrected chi connectivity index (χ4v) is 2.85. The van der Waals surface area contributed by atoms with Crippen LogP contribution in [0.1, 0.15) is 18.9 Å². The molecule has 0 saturated heterocycles. The number of rotatable bonds is 6. The molecule has 140 valence electrons. The van der Waals surface area contributed by atoms with Crippen LogP contribution in [0.2, 0.25) is 5.02 Å². The Labute approximate surface area is 156 Å². The number of hydrogen-bond acceptors (Lipinski definition) is 5. The van der Waals surface area contributed by atoms with Gasteiger partial charge < -0.3 is 15.2 Å². The van der Waals surface area contributed by atoms with E-state index in [1.54, 1.807) is 18.2 Å². The summed E-state index contributed by atoms with van der Waals surface area (Å²) in [7, 11) is 1.38. The first-order chi connectivity index (χ1) is 12.3. The SMILES string of the molecule is COC1(C(=O)N[C@H](C(=O)NO)[C@@H](C)O)C=CC(c2cccc(Cl)c2)=CC1. The Hall–Kier alpha value is -2.19. The van der Waals surface area contributed by atoms with Gasteiger partial charge in [0, 0.05) is 18.6 Å². The third-order valence-corrected chi connectivity index (χ3v) is 4.46. The molecule has 26 heavy (non-hydrogen) atoms. The number of benzene rings is 1. The minimum atomic E-state index is -1.33. The highest BCUT2D eigenvalue weighted by molar-refractivity contribution is 6.30. The van der Waals surface area contributed by atoms with Gasteiger partial charge >= 0.3 is 0 Å². The molecule has 4 N–H and O–H groups in total. The maximum Gasteiger partial charge on any atom is 0.268 e. The van der Waals surface area contributed by atoms with Gasteiger partial charge in [0.15, 0.2) is 5.60 Å². The van der Waals surface area contributed by atoms with E-state index in [1.165, 1.54) is 19.5 Å². The van der Waals surface area contributed by atoms with Gasteiger partial charge in [0.1, 0.15) is 6.04 Å². The summed E-state index contributed by atoms with van der Waals surface area (Å²) < 4.78 is 5.40. The number of amides is 2. The molecule has 1 aromatic rings. The quantitative estimate of drug-likeness (QED) is 0.441. The summed E-state index contributed by atoms with van der Waals surface area (Å²) in [4.78, 5) is 24.3. The van der Waals surface area contributed by atoms with E-state index in [0.29, 0.717) is 5.02 Å². The minimum absolute atomic E-state index is 0.223. The Morgan fingerprint density at radius 1 is 1.38 bits per heavy atom. The van der Waals surface area contributed by atoms with Crippen molar-refractivity contribution in [1.82, 2.24) is 10.8 Å². The predicted molar refractivity (Wildman–Crippen MR) is 96.5 cm³/mol. The lowest BCUT2D eigenvalue weighted by molar-refractivity contribution is -0.145. The number of allylic oxidation sites excluding steroid dienone is 2. The highest BCUT2D eigenvalue weighted by Gasteiger charge is 2.39. The van der Waals surface area contributed by atoms with Gasteiger partial charge in [-0.25, -0.2) is 5.48 Å². The first-order valence-electron chi connectivity index (χ1n) is 7.96. The van der Waals surface area contributed by atoms with Crippen LogP contribution in [0.5, 0.6) is 0 Å². The number of carbonyl (C=O) groups excluding carboxylic acids is 2. The Morgan fingerprint density at radius 2 is 2.12 bits per heavy atom. The smallest absolute Gasteiger partial charge is 0.268 e. The first-order valence-corrected chi connectivity index (χ1v) is 8.34. The summed E-state index contributed by atoms with van der Waals surface area (Å²) in [6, 6.07) is 6.00. The van der Waals surface area contributed by atoms with E-state index in [4.69, 9.17) is 21.5 Å². The normalized spacial score (nSPS) is 21.5. The molecule has 0 aliphatic heterocycles. The van der Waals surface area contributed by atoms with Gasteiger partial charge in [0.25, 0.3) is 11.8 Å². The maximum atomic E-state index is 12.7. The van der Waals surface area contributed by atoms with Crippen LogP contribution in [-0.2, 0) is 14.3 Å². The number of hydroxylamine groups is 1. The van der Waals surface area contributed by atoms with Crippen molar-refractivity contribution in [2.45, 2.75) is 31.1 Å². The van der Waals surface area contributed by atoms with Crippen LogP contribution in [0.3, 0.4) is 0 Å². The average molecular weight is 381 g/mol. The topological polar surface area (TPSA) is 108 Å². The highest BCUT2D eigenvalue weighted by Crippen LogP contribution is 2.30. The molecule has 1 aromatic carbocycles. The van der Waals surface area contributed by atoms with E-state index in [0.717, 1.165) is 11.1 Å². The van der Waals surface area contributed by atoms with Gasteiger partial charge in [-0.05, 0) is 36.3 Å². The second-order valence-corrected chi connectivity index (χ2v) is 6.41. The van der Waals surface area contributed by atoms with Gasteiger partial charge in [-0.3, -0.25) is 14.8 Å².